The smallest absolute Gasteiger partial charge is 0.385 e. The molecule has 0 saturated carbocycles. The number of carbonyl (C=O) groups excluding carboxylic acids is 1. The first-order valence-corrected chi connectivity index (χ1v) is 12.2. The van der Waals surface area contributed by atoms with Crippen molar-refractivity contribution in [2.24, 2.45) is 0 Å². The van der Waals surface area contributed by atoms with E-state index in [1.165, 1.54) is 28.3 Å². The minimum atomic E-state index is -4.49. The first kappa shape index (κ1) is 23.8. The largest absolute Gasteiger partial charge is 0.416 e. The van der Waals surface area contributed by atoms with Gasteiger partial charge in [0, 0.05) is 30.8 Å². The Morgan fingerprint density at radius 2 is 2.15 bits per heavy atom. The van der Waals surface area contributed by atoms with Crippen molar-refractivity contribution in [2.75, 3.05) is 24.8 Å². The van der Waals surface area contributed by atoms with Gasteiger partial charge < -0.3 is 10.1 Å². The first-order chi connectivity index (χ1) is 15.8. The molecule has 1 aliphatic rings. The number of benzene rings is 1. The maximum atomic E-state index is 13.3. The molecule has 0 saturated heterocycles. The molecule has 33 heavy (non-hydrogen) atoms. The highest BCUT2D eigenvalue weighted by Crippen LogP contribution is 2.36. The number of nitrogens with one attached hydrogen (secondary N) is 1. The van der Waals surface area contributed by atoms with Gasteiger partial charge in [0.1, 0.15) is 4.83 Å². The van der Waals surface area contributed by atoms with Crippen molar-refractivity contribution in [3.63, 3.8) is 0 Å². The molecule has 2 aromatic heterocycles. The molecule has 0 bridgehead atoms. The van der Waals surface area contributed by atoms with Gasteiger partial charge in [-0.1, -0.05) is 17.8 Å². The van der Waals surface area contributed by atoms with Gasteiger partial charge in [0.05, 0.1) is 16.7 Å². The van der Waals surface area contributed by atoms with Gasteiger partial charge in [0.25, 0.3) is 5.56 Å². The fourth-order valence-electron chi connectivity index (χ4n) is 3.83. The van der Waals surface area contributed by atoms with Crippen molar-refractivity contribution in [3.05, 3.63) is 50.6 Å². The van der Waals surface area contributed by atoms with E-state index in [1.54, 1.807) is 11.7 Å². The summed E-state index contributed by atoms with van der Waals surface area (Å²) in [5, 5.41) is 3.58. The van der Waals surface area contributed by atoms with Crippen LogP contribution in [0.5, 0.6) is 0 Å². The zero-order valence-corrected chi connectivity index (χ0v) is 19.5. The number of rotatable bonds is 8. The molecule has 11 heteroatoms. The molecular formula is C22H22F3N3O3S2. The number of carbonyl (C=O) groups is 1. The third-order valence-electron chi connectivity index (χ3n) is 5.33. The Balaban J connectivity index is 1.54. The van der Waals surface area contributed by atoms with Crippen molar-refractivity contribution in [2.45, 2.75) is 43.6 Å². The zero-order valence-electron chi connectivity index (χ0n) is 17.8. The van der Waals surface area contributed by atoms with E-state index in [2.05, 4.69) is 10.3 Å². The van der Waals surface area contributed by atoms with E-state index < -0.39 is 17.6 Å². The number of halogens is 3. The number of aryl methyl sites for hydroxylation is 2. The van der Waals surface area contributed by atoms with E-state index in [0.717, 1.165) is 48.7 Å². The normalized spacial score (nSPS) is 13.5. The van der Waals surface area contributed by atoms with E-state index >= 15 is 0 Å². The quantitative estimate of drug-likeness (QED) is 0.277. The number of methoxy groups -OCH3 is 1. The first-order valence-electron chi connectivity index (χ1n) is 10.4. The summed E-state index contributed by atoms with van der Waals surface area (Å²) < 4.78 is 45.4. The fourth-order valence-corrected chi connectivity index (χ4v) is 5.96. The van der Waals surface area contributed by atoms with Gasteiger partial charge >= 0.3 is 6.18 Å². The molecule has 1 amide bonds. The van der Waals surface area contributed by atoms with Gasteiger partial charge in [-0.2, -0.15) is 13.2 Å². The second-order valence-corrected chi connectivity index (χ2v) is 9.68. The molecule has 2 heterocycles. The Hall–Kier alpha value is -2.37. The summed E-state index contributed by atoms with van der Waals surface area (Å²) in [6, 6.07) is 4.47. The monoisotopic (exact) mass is 497 g/mol. The number of hydrogen-bond donors (Lipinski definition) is 1. The van der Waals surface area contributed by atoms with Crippen LogP contribution < -0.4 is 10.9 Å². The molecule has 0 unspecified atom stereocenters. The minimum Gasteiger partial charge on any atom is -0.385 e. The molecule has 4 rings (SSSR count). The number of nitrogens with zero attached hydrogens (tertiary/aromatic N) is 2. The Kier molecular flexibility index (Phi) is 7.10. The Labute approximate surface area is 196 Å². The lowest BCUT2D eigenvalue weighted by Gasteiger charge is -2.13. The third-order valence-corrected chi connectivity index (χ3v) is 7.49. The van der Waals surface area contributed by atoms with Crippen LogP contribution >= 0.6 is 23.1 Å². The summed E-state index contributed by atoms with van der Waals surface area (Å²) in [7, 11) is 1.59. The van der Waals surface area contributed by atoms with Gasteiger partial charge in [-0.25, -0.2) is 4.98 Å². The van der Waals surface area contributed by atoms with Crippen LogP contribution in [0.4, 0.5) is 18.9 Å². The summed E-state index contributed by atoms with van der Waals surface area (Å²) in [6.07, 6.45) is -1.03. The number of thiophene rings is 1. The maximum Gasteiger partial charge on any atom is 0.416 e. The van der Waals surface area contributed by atoms with Crippen LogP contribution in [0.25, 0.3) is 10.2 Å². The predicted molar refractivity (Wildman–Crippen MR) is 123 cm³/mol. The molecular weight excluding hydrogens is 475 g/mol. The SMILES string of the molecule is COCCCn1c(SCC(=O)Nc2cccc(C(F)(F)F)c2)nc2sc3c(c2c1=O)CCC3. The number of ether oxygens (including phenoxy) is 1. The number of alkyl halides is 3. The number of thioether (sulfide) groups is 1. The summed E-state index contributed by atoms with van der Waals surface area (Å²) in [5.74, 6) is -0.574. The van der Waals surface area contributed by atoms with Crippen molar-refractivity contribution in [3.8, 4) is 0 Å². The second kappa shape index (κ2) is 9.86. The van der Waals surface area contributed by atoms with Crippen LogP contribution in [0.3, 0.4) is 0 Å². The van der Waals surface area contributed by atoms with E-state index in [9.17, 15) is 22.8 Å². The molecule has 6 nitrogen and oxygen atoms in total. The fraction of sp³-hybridized carbons (Fsp3) is 0.409. The number of hydrogen-bond acceptors (Lipinski definition) is 6. The van der Waals surface area contributed by atoms with Gasteiger partial charge in [-0.15, -0.1) is 11.3 Å². The molecule has 176 valence electrons. The van der Waals surface area contributed by atoms with Crippen molar-refractivity contribution < 1.29 is 22.7 Å². The highest BCUT2D eigenvalue weighted by Gasteiger charge is 2.30. The third kappa shape index (κ3) is 5.25. The average molecular weight is 498 g/mol. The molecule has 1 aromatic carbocycles. The lowest BCUT2D eigenvalue weighted by atomic mass is 10.2. The number of fused-ring (bicyclic) bond motifs is 3. The minimum absolute atomic E-state index is 0.0611. The lowest BCUT2D eigenvalue weighted by molar-refractivity contribution is -0.137. The van der Waals surface area contributed by atoms with Gasteiger partial charge in [0.2, 0.25) is 5.91 Å². The molecule has 0 fully saturated rings. The zero-order chi connectivity index (χ0) is 23.6. The Morgan fingerprint density at radius 3 is 2.91 bits per heavy atom. The van der Waals surface area contributed by atoms with E-state index in [1.807, 2.05) is 0 Å². The van der Waals surface area contributed by atoms with Crippen LogP contribution in [0, 0.1) is 0 Å². The van der Waals surface area contributed by atoms with Crippen LogP contribution in [0.1, 0.15) is 28.8 Å². The van der Waals surface area contributed by atoms with E-state index in [4.69, 9.17) is 4.74 Å². The van der Waals surface area contributed by atoms with Crippen LogP contribution in [-0.2, 0) is 35.1 Å². The highest BCUT2D eigenvalue weighted by atomic mass is 32.2. The van der Waals surface area contributed by atoms with Gasteiger partial charge in [-0.05, 0) is 49.4 Å². The molecule has 0 aliphatic heterocycles. The number of anilines is 1. The summed E-state index contributed by atoms with van der Waals surface area (Å²) in [4.78, 5) is 32.3. The molecule has 0 spiro atoms. The van der Waals surface area contributed by atoms with Gasteiger partial charge in [-0.3, -0.25) is 14.2 Å². The second-order valence-electron chi connectivity index (χ2n) is 7.65. The molecule has 3 aromatic rings. The average Bonchev–Trinajstić information content (AvgIpc) is 3.34. The van der Waals surface area contributed by atoms with Gasteiger partial charge in [0.15, 0.2) is 5.16 Å². The standard InChI is InChI=1S/C22H22F3N3O3S2/c1-31-10-4-9-28-20(30)18-15-7-3-8-16(15)33-19(18)27-21(28)32-12-17(29)26-14-6-2-5-13(11-14)22(23,24)25/h2,5-6,11H,3-4,7-10,12H2,1H3,(H,26,29). The van der Waals surface area contributed by atoms with Crippen LogP contribution in [-0.4, -0.2) is 34.9 Å². The molecule has 0 atom stereocenters. The Bertz CT molecular complexity index is 1240. The summed E-state index contributed by atoms with van der Waals surface area (Å²) in [6.45, 7) is 0.879. The highest BCUT2D eigenvalue weighted by molar-refractivity contribution is 7.99. The topological polar surface area (TPSA) is 73.2 Å². The Morgan fingerprint density at radius 1 is 1.33 bits per heavy atom. The van der Waals surface area contributed by atoms with Crippen LogP contribution in [0.15, 0.2) is 34.2 Å². The van der Waals surface area contributed by atoms with E-state index in [-0.39, 0.29) is 17.0 Å². The predicted octanol–water partition coefficient (Wildman–Crippen LogP) is 4.73. The summed E-state index contributed by atoms with van der Waals surface area (Å²) >= 11 is 2.62. The molecule has 0 radical (unpaired) electrons. The maximum absolute atomic E-state index is 13.3. The number of amides is 1. The van der Waals surface area contributed by atoms with E-state index in [0.29, 0.717) is 34.9 Å². The van der Waals surface area contributed by atoms with Crippen molar-refractivity contribution in [1.82, 2.24) is 9.55 Å². The van der Waals surface area contributed by atoms with Crippen molar-refractivity contribution >= 4 is 44.9 Å². The number of aromatic nitrogens is 2. The lowest BCUT2D eigenvalue weighted by Crippen LogP contribution is -2.25. The summed E-state index contributed by atoms with van der Waals surface area (Å²) in [5.41, 5.74) is 0.201. The van der Waals surface area contributed by atoms with Crippen LogP contribution in [0.2, 0.25) is 0 Å². The molecule has 1 aliphatic carbocycles. The molecule has 1 N–H and O–H groups in total. The van der Waals surface area contributed by atoms with Crippen molar-refractivity contribution in [1.29, 1.82) is 0 Å².